The molecule has 1 aromatic rings. The van der Waals surface area contributed by atoms with Gasteiger partial charge in [0.2, 0.25) is 0 Å². The Bertz CT molecular complexity index is 481. The van der Waals surface area contributed by atoms with Gasteiger partial charge in [-0.15, -0.1) is 0 Å². The van der Waals surface area contributed by atoms with Crippen molar-refractivity contribution in [2.75, 3.05) is 6.61 Å². The average molecular weight is 276 g/mol. The molecule has 3 atom stereocenters. The molecule has 0 aromatic heterocycles. The highest BCUT2D eigenvalue weighted by Crippen LogP contribution is 2.46. The van der Waals surface area contributed by atoms with Gasteiger partial charge in [0.1, 0.15) is 5.75 Å². The second kappa shape index (κ2) is 6.29. The number of benzene rings is 1. The number of hydrogen-bond donors (Lipinski definition) is 1. The first-order chi connectivity index (χ1) is 9.56. The van der Waals surface area contributed by atoms with Gasteiger partial charge in [-0.1, -0.05) is 13.0 Å². The first-order valence-corrected chi connectivity index (χ1v) is 7.52. The Morgan fingerprint density at radius 3 is 2.70 bits per heavy atom. The highest BCUT2D eigenvalue weighted by Gasteiger charge is 2.43. The Kier molecular flexibility index (Phi) is 4.69. The molecular weight excluding hydrogens is 252 g/mol. The largest absolute Gasteiger partial charge is 0.494 e. The molecule has 1 saturated carbocycles. The fraction of sp³-hybridized carbons (Fsp3) is 0.588. The zero-order valence-corrected chi connectivity index (χ0v) is 12.6. The van der Waals surface area contributed by atoms with Crippen LogP contribution in [0, 0.1) is 18.8 Å². The molecule has 0 spiro atoms. The van der Waals surface area contributed by atoms with Gasteiger partial charge in [0.05, 0.1) is 12.5 Å². The van der Waals surface area contributed by atoms with Crippen LogP contribution < -0.4 is 4.74 Å². The maximum Gasteiger partial charge on any atom is 0.306 e. The standard InChI is InChI=1S/C17H24O3/c1-4-12(9-13-10-16(13)17(18)19)15-7-6-14(20-5-2)8-11(15)3/h6-8,12-13,16H,4-5,9-10H2,1-3H3,(H,18,19). The molecule has 3 unspecified atom stereocenters. The van der Waals surface area contributed by atoms with Crippen molar-refractivity contribution in [1.82, 2.24) is 0 Å². The Morgan fingerprint density at radius 2 is 2.20 bits per heavy atom. The monoisotopic (exact) mass is 276 g/mol. The zero-order valence-electron chi connectivity index (χ0n) is 12.6. The van der Waals surface area contributed by atoms with E-state index in [0.29, 0.717) is 18.4 Å². The van der Waals surface area contributed by atoms with Crippen molar-refractivity contribution in [1.29, 1.82) is 0 Å². The Morgan fingerprint density at radius 1 is 1.45 bits per heavy atom. The van der Waals surface area contributed by atoms with E-state index in [1.54, 1.807) is 0 Å². The van der Waals surface area contributed by atoms with Gasteiger partial charge < -0.3 is 9.84 Å². The molecule has 1 aliphatic carbocycles. The third-order valence-corrected chi connectivity index (χ3v) is 4.31. The molecule has 0 amide bonds. The van der Waals surface area contributed by atoms with Crippen LogP contribution >= 0.6 is 0 Å². The molecule has 0 bridgehead atoms. The number of aryl methyl sites for hydroxylation is 1. The summed E-state index contributed by atoms with van der Waals surface area (Å²) < 4.78 is 5.52. The second-order valence-electron chi connectivity index (χ2n) is 5.73. The van der Waals surface area contributed by atoms with Crippen LogP contribution in [0.2, 0.25) is 0 Å². The Labute approximate surface area is 121 Å². The van der Waals surface area contributed by atoms with E-state index in [2.05, 4.69) is 26.0 Å². The third-order valence-electron chi connectivity index (χ3n) is 4.31. The molecule has 20 heavy (non-hydrogen) atoms. The molecule has 0 radical (unpaired) electrons. The highest BCUT2D eigenvalue weighted by molar-refractivity contribution is 5.73. The van der Waals surface area contributed by atoms with E-state index in [-0.39, 0.29) is 5.92 Å². The van der Waals surface area contributed by atoms with Crippen molar-refractivity contribution >= 4 is 5.97 Å². The lowest BCUT2D eigenvalue weighted by Gasteiger charge is -2.18. The maximum absolute atomic E-state index is 10.9. The van der Waals surface area contributed by atoms with Gasteiger partial charge in [-0.3, -0.25) is 4.79 Å². The number of aliphatic carboxylic acids is 1. The minimum atomic E-state index is -0.631. The molecule has 0 heterocycles. The van der Waals surface area contributed by atoms with E-state index in [1.807, 2.05) is 13.0 Å². The minimum Gasteiger partial charge on any atom is -0.494 e. The van der Waals surface area contributed by atoms with Crippen LogP contribution in [-0.2, 0) is 4.79 Å². The van der Waals surface area contributed by atoms with Gasteiger partial charge in [0, 0.05) is 0 Å². The summed E-state index contributed by atoms with van der Waals surface area (Å²) in [6.07, 6.45) is 2.89. The van der Waals surface area contributed by atoms with E-state index >= 15 is 0 Å². The lowest BCUT2D eigenvalue weighted by Crippen LogP contribution is -2.05. The van der Waals surface area contributed by atoms with Crippen LogP contribution in [0.3, 0.4) is 0 Å². The molecule has 0 saturated heterocycles. The predicted molar refractivity (Wildman–Crippen MR) is 79.2 cm³/mol. The van der Waals surface area contributed by atoms with Crippen molar-refractivity contribution < 1.29 is 14.6 Å². The summed E-state index contributed by atoms with van der Waals surface area (Å²) in [6, 6.07) is 6.26. The Balaban J connectivity index is 2.06. The van der Waals surface area contributed by atoms with Crippen LogP contribution in [0.15, 0.2) is 18.2 Å². The van der Waals surface area contributed by atoms with Crippen LogP contribution in [0.4, 0.5) is 0 Å². The molecule has 1 aromatic carbocycles. The van der Waals surface area contributed by atoms with E-state index in [4.69, 9.17) is 9.84 Å². The predicted octanol–water partition coefficient (Wildman–Crippen LogP) is 4.00. The van der Waals surface area contributed by atoms with Crippen molar-refractivity contribution in [3.63, 3.8) is 0 Å². The lowest BCUT2D eigenvalue weighted by molar-refractivity contribution is -0.138. The van der Waals surface area contributed by atoms with Crippen molar-refractivity contribution in [2.45, 2.75) is 46.0 Å². The minimum absolute atomic E-state index is 0.105. The smallest absolute Gasteiger partial charge is 0.306 e. The molecule has 3 heteroatoms. The number of ether oxygens (including phenoxy) is 1. The first kappa shape index (κ1) is 14.9. The van der Waals surface area contributed by atoms with Gasteiger partial charge in [-0.25, -0.2) is 0 Å². The van der Waals surface area contributed by atoms with Crippen molar-refractivity contribution in [3.8, 4) is 5.75 Å². The topological polar surface area (TPSA) is 46.5 Å². The van der Waals surface area contributed by atoms with Crippen LogP contribution in [0.1, 0.15) is 50.2 Å². The van der Waals surface area contributed by atoms with Crippen molar-refractivity contribution in [3.05, 3.63) is 29.3 Å². The van der Waals surface area contributed by atoms with Crippen LogP contribution in [-0.4, -0.2) is 17.7 Å². The fourth-order valence-corrected chi connectivity index (χ4v) is 3.05. The summed E-state index contributed by atoms with van der Waals surface area (Å²) in [5, 5.41) is 9.01. The number of carbonyl (C=O) groups is 1. The first-order valence-electron chi connectivity index (χ1n) is 7.52. The van der Waals surface area contributed by atoms with E-state index in [1.165, 1.54) is 11.1 Å². The van der Waals surface area contributed by atoms with Crippen LogP contribution in [0.5, 0.6) is 5.75 Å². The van der Waals surface area contributed by atoms with Crippen LogP contribution in [0.25, 0.3) is 0 Å². The molecule has 2 rings (SSSR count). The number of carboxylic acids is 1. The van der Waals surface area contributed by atoms with Gasteiger partial charge in [0.15, 0.2) is 0 Å². The highest BCUT2D eigenvalue weighted by atomic mass is 16.5. The van der Waals surface area contributed by atoms with Gasteiger partial charge in [0.25, 0.3) is 0 Å². The quantitative estimate of drug-likeness (QED) is 0.818. The lowest BCUT2D eigenvalue weighted by atomic mass is 9.88. The third kappa shape index (κ3) is 3.33. The summed E-state index contributed by atoms with van der Waals surface area (Å²) in [4.78, 5) is 10.9. The van der Waals surface area contributed by atoms with E-state index < -0.39 is 5.97 Å². The molecule has 1 fully saturated rings. The van der Waals surface area contributed by atoms with E-state index in [0.717, 1.165) is 25.0 Å². The summed E-state index contributed by atoms with van der Waals surface area (Å²) in [7, 11) is 0. The normalized spacial score (nSPS) is 22.4. The molecular formula is C17H24O3. The Hall–Kier alpha value is -1.51. The maximum atomic E-state index is 10.9. The summed E-state index contributed by atoms with van der Waals surface area (Å²) in [5.41, 5.74) is 2.59. The summed E-state index contributed by atoms with van der Waals surface area (Å²) >= 11 is 0. The molecule has 0 aliphatic heterocycles. The number of hydrogen-bond acceptors (Lipinski definition) is 2. The summed E-state index contributed by atoms with van der Waals surface area (Å²) in [6.45, 7) is 6.95. The zero-order chi connectivity index (χ0) is 14.7. The van der Waals surface area contributed by atoms with Gasteiger partial charge >= 0.3 is 5.97 Å². The number of rotatable bonds is 7. The fourth-order valence-electron chi connectivity index (χ4n) is 3.05. The average Bonchev–Trinajstić information content (AvgIpc) is 3.17. The second-order valence-corrected chi connectivity index (χ2v) is 5.73. The number of carboxylic acid groups (broad SMARTS) is 1. The SMILES string of the molecule is CCOc1ccc(C(CC)CC2CC2C(=O)O)c(C)c1. The summed E-state index contributed by atoms with van der Waals surface area (Å²) in [5.74, 6) is 1.00. The molecule has 1 aliphatic rings. The van der Waals surface area contributed by atoms with Gasteiger partial charge in [-0.05, 0) is 68.2 Å². The molecule has 3 nitrogen and oxygen atoms in total. The molecule has 1 N–H and O–H groups in total. The molecule has 110 valence electrons. The van der Waals surface area contributed by atoms with E-state index in [9.17, 15) is 4.79 Å². The van der Waals surface area contributed by atoms with Crippen molar-refractivity contribution in [2.24, 2.45) is 11.8 Å². The van der Waals surface area contributed by atoms with Gasteiger partial charge in [-0.2, -0.15) is 0 Å².